The standard InChI is InChI=1S/C15H23N3O/c1-4-16-14-8-7-12(10-17-14)15(19)18-9-5-6-13(18)11(2)3/h7-8,10-11,13H,4-6,9H2,1-3H3,(H,16,17). The maximum Gasteiger partial charge on any atom is 0.255 e. The van der Waals surface area contributed by atoms with Crippen LogP contribution in [0.15, 0.2) is 18.3 Å². The van der Waals surface area contributed by atoms with E-state index in [4.69, 9.17) is 0 Å². The van der Waals surface area contributed by atoms with Gasteiger partial charge in [-0.1, -0.05) is 13.8 Å². The quantitative estimate of drug-likeness (QED) is 0.906. The Morgan fingerprint density at radius 2 is 2.32 bits per heavy atom. The monoisotopic (exact) mass is 261 g/mol. The molecule has 104 valence electrons. The third-order valence-electron chi connectivity index (χ3n) is 3.70. The first-order chi connectivity index (χ1) is 9.13. The molecule has 4 nitrogen and oxygen atoms in total. The Labute approximate surface area is 115 Å². The molecule has 0 spiro atoms. The van der Waals surface area contributed by atoms with Crippen molar-refractivity contribution in [2.45, 2.75) is 39.7 Å². The van der Waals surface area contributed by atoms with Crippen LogP contribution in [0.2, 0.25) is 0 Å². The molecule has 2 heterocycles. The van der Waals surface area contributed by atoms with Gasteiger partial charge in [-0.2, -0.15) is 0 Å². The van der Waals surface area contributed by atoms with E-state index in [1.165, 1.54) is 0 Å². The van der Waals surface area contributed by atoms with Crippen molar-refractivity contribution in [1.82, 2.24) is 9.88 Å². The van der Waals surface area contributed by atoms with Crippen LogP contribution in [0.5, 0.6) is 0 Å². The summed E-state index contributed by atoms with van der Waals surface area (Å²) in [6.07, 6.45) is 3.90. The number of hydrogen-bond acceptors (Lipinski definition) is 3. The lowest BCUT2D eigenvalue weighted by Gasteiger charge is -2.27. The van der Waals surface area contributed by atoms with Gasteiger partial charge in [0.15, 0.2) is 0 Å². The average molecular weight is 261 g/mol. The molecule has 0 aromatic carbocycles. The van der Waals surface area contributed by atoms with Gasteiger partial charge in [0.1, 0.15) is 5.82 Å². The summed E-state index contributed by atoms with van der Waals surface area (Å²) in [4.78, 5) is 18.8. The van der Waals surface area contributed by atoms with Gasteiger partial charge < -0.3 is 10.2 Å². The molecule has 19 heavy (non-hydrogen) atoms. The minimum atomic E-state index is 0.117. The maximum atomic E-state index is 12.5. The van der Waals surface area contributed by atoms with E-state index in [9.17, 15) is 4.79 Å². The topological polar surface area (TPSA) is 45.2 Å². The number of likely N-dealkylation sites (tertiary alicyclic amines) is 1. The highest BCUT2D eigenvalue weighted by atomic mass is 16.2. The number of aromatic nitrogens is 1. The first-order valence-electron chi connectivity index (χ1n) is 7.14. The lowest BCUT2D eigenvalue weighted by molar-refractivity contribution is 0.0701. The van der Waals surface area contributed by atoms with Crippen LogP contribution in [0.3, 0.4) is 0 Å². The SMILES string of the molecule is CCNc1ccc(C(=O)N2CCCC2C(C)C)cn1. The smallest absolute Gasteiger partial charge is 0.255 e. The van der Waals surface area contributed by atoms with Crippen molar-refractivity contribution < 1.29 is 4.79 Å². The molecule has 1 aliphatic rings. The summed E-state index contributed by atoms with van der Waals surface area (Å²) < 4.78 is 0. The molecular weight excluding hydrogens is 238 g/mol. The fourth-order valence-corrected chi connectivity index (χ4v) is 2.71. The zero-order chi connectivity index (χ0) is 13.8. The molecule has 4 heteroatoms. The number of pyridine rings is 1. The van der Waals surface area contributed by atoms with Crippen molar-refractivity contribution in [1.29, 1.82) is 0 Å². The van der Waals surface area contributed by atoms with E-state index in [0.717, 1.165) is 31.7 Å². The van der Waals surface area contributed by atoms with Crippen LogP contribution in [0.25, 0.3) is 0 Å². The minimum absolute atomic E-state index is 0.117. The number of hydrogen-bond donors (Lipinski definition) is 1. The lowest BCUT2D eigenvalue weighted by Crippen LogP contribution is -2.38. The zero-order valence-electron chi connectivity index (χ0n) is 12.0. The Kier molecular flexibility index (Phi) is 4.40. The van der Waals surface area contributed by atoms with Crippen LogP contribution in [0, 0.1) is 5.92 Å². The van der Waals surface area contributed by atoms with E-state index in [0.29, 0.717) is 17.5 Å². The van der Waals surface area contributed by atoms with Gasteiger partial charge in [-0.05, 0) is 37.8 Å². The van der Waals surface area contributed by atoms with Gasteiger partial charge in [0.05, 0.1) is 5.56 Å². The van der Waals surface area contributed by atoms with Gasteiger partial charge in [-0.3, -0.25) is 4.79 Å². The van der Waals surface area contributed by atoms with Crippen molar-refractivity contribution in [2.24, 2.45) is 5.92 Å². The first kappa shape index (κ1) is 13.8. The van der Waals surface area contributed by atoms with Crippen molar-refractivity contribution in [3.8, 4) is 0 Å². The zero-order valence-corrected chi connectivity index (χ0v) is 12.0. The molecule has 0 saturated carbocycles. The Morgan fingerprint density at radius 1 is 1.53 bits per heavy atom. The highest BCUT2D eigenvalue weighted by Gasteiger charge is 2.31. The second-order valence-corrected chi connectivity index (χ2v) is 5.41. The second-order valence-electron chi connectivity index (χ2n) is 5.41. The van der Waals surface area contributed by atoms with Crippen LogP contribution >= 0.6 is 0 Å². The number of nitrogens with one attached hydrogen (secondary N) is 1. The molecule has 1 saturated heterocycles. The van der Waals surface area contributed by atoms with E-state index in [2.05, 4.69) is 24.1 Å². The number of carbonyl (C=O) groups is 1. The van der Waals surface area contributed by atoms with Gasteiger partial charge in [-0.25, -0.2) is 4.98 Å². The highest BCUT2D eigenvalue weighted by molar-refractivity contribution is 5.94. The lowest BCUT2D eigenvalue weighted by atomic mass is 10.0. The van der Waals surface area contributed by atoms with E-state index in [1.54, 1.807) is 6.20 Å². The van der Waals surface area contributed by atoms with Crippen molar-refractivity contribution in [3.05, 3.63) is 23.9 Å². The summed E-state index contributed by atoms with van der Waals surface area (Å²) in [5.41, 5.74) is 0.689. The molecule has 1 aliphatic heterocycles. The molecule has 1 aromatic rings. The summed E-state index contributed by atoms with van der Waals surface area (Å²) >= 11 is 0. The van der Waals surface area contributed by atoms with Crippen LogP contribution in [0.4, 0.5) is 5.82 Å². The molecule has 0 aliphatic carbocycles. The van der Waals surface area contributed by atoms with Crippen molar-refractivity contribution in [3.63, 3.8) is 0 Å². The Balaban J connectivity index is 2.10. The number of carbonyl (C=O) groups excluding carboxylic acids is 1. The molecule has 0 radical (unpaired) electrons. The van der Waals surface area contributed by atoms with Crippen molar-refractivity contribution in [2.75, 3.05) is 18.4 Å². The van der Waals surface area contributed by atoms with E-state index < -0.39 is 0 Å². The summed E-state index contributed by atoms with van der Waals surface area (Å²) in [5.74, 6) is 1.45. The van der Waals surface area contributed by atoms with Gasteiger partial charge >= 0.3 is 0 Å². The number of rotatable bonds is 4. The molecule has 1 N–H and O–H groups in total. The molecule has 1 fully saturated rings. The fourth-order valence-electron chi connectivity index (χ4n) is 2.71. The van der Waals surface area contributed by atoms with Crippen LogP contribution < -0.4 is 5.32 Å². The maximum absolute atomic E-state index is 12.5. The largest absolute Gasteiger partial charge is 0.370 e. The van der Waals surface area contributed by atoms with E-state index in [1.807, 2.05) is 24.0 Å². The number of nitrogens with zero attached hydrogens (tertiary/aromatic N) is 2. The third-order valence-corrected chi connectivity index (χ3v) is 3.70. The summed E-state index contributed by atoms with van der Waals surface area (Å²) in [7, 11) is 0. The van der Waals surface area contributed by atoms with E-state index >= 15 is 0 Å². The molecular formula is C15H23N3O. The predicted octanol–water partition coefficient (Wildman–Crippen LogP) is 2.77. The van der Waals surface area contributed by atoms with Gasteiger partial charge in [-0.15, -0.1) is 0 Å². The first-order valence-corrected chi connectivity index (χ1v) is 7.14. The Morgan fingerprint density at radius 3 is 2.89 bits per heavy atom. The molecule has 1 aromatic heterocycles. The number of anilines is 1. The molecule has 0 bridgehead atoms. The summed E-state index contributed by atoms with van der Waals surface area (Å²) in [5, 5.41) is 3.13. The fraction of sp³-hybridized carbons (Fsp3) is 0.600. The van der Waals surface area contributed by atoms with E-state index in [-0.39, 0.29) is 5.91 Å². The molecule has 1 amide bonds. The van der Waals surface area contributed by atoms with Crippen LogP contribution in [-0.2, 0) is 0 Å². The second kappa shape index (κ2) is 6.04. The van der Waals surface area contributed by atoms with Gasteiger partial charge in [0.2, 0.25) is 0 Å². The van der Waals surface area contributed by atoms with Crippen molar-refractivity contribution >= 4 is 11.7 Å². The summed E-state index contributed by atoms with van der Waals surface area (Å²) in [6, 6.07) is 4.11. The van der Waals surface area contributed by atoms with Gasteiger partial charge in [0, 0.05) is 25.3 Å². The predicted molar refractivity (Wildman–Crippen MR) is 77.3 cm³/mol. The minimum Gasteiger partial charge on any atom is -0.370 e. The van der Waals surface area contributed by atoms with Crippen LogP contribution in [0.1, 0.15) is 44.0 Å². The Hall–Kier alpha value is -1.58. The normalized spacial score (nSPS) is 18.9. The Bertz CT molecular complexity index is 428. The highest BCUT2D eigenvalue weighted by Crippen LogP contribution is 2.25. The van der Waals surface area contributed by atoms with Gasteiger partial charge in [0.25, 0.3) is 5.91 Å². The summed E-state index contributed by atoms with van der Waals surface area (Å²) in [6.45, 7) is 8.10. The molecule has 1 unspecified atom stereocenters. The third kappa shape index (κ3) is 3.06. The average Bonchev–Trinajstić information content (AvgIpc) is 2.88. The number of amides is 1. The molecule has 2 rings (SSSR count). The molecule has 1 atom stereocenters. The van der Waals surface area contributed by atoms with Crippen LogP contribution in [-0.4, -0.2) is 34.9 Å².